The fourth-order valence-electron chi connectivity index (χ4n) is 2.29. The lowest BCUT2D eigenvalue weighted by molar-refractivity contribution is -0.124. The zero-order valence-corrected chi connectivity index (χ0v) is 15.9. The van der Waals surface area contributed by atoms with E-state index in [0.717, 1.165) is 5.56 Å². The summed E-state index contributed by atoms with van der Waals surface area (Å²) in [6.07, 6.45) is 0.624. The van der Waals surface area contributed by atoms with Crippen LogP contribution in [0.4, 0.5) is 0 Å². The molecule has 0 aliphatic rings. The third-order valence-electron chi connectivity index (χ3n) is 3.57. The van der Waals surface area contributed by atoms with Gasteiger partial charge in [-0.3, -0.25) is 9.00 Å². The van der Waals surface area contributed by atoms with E-state index in [2.05, 4.69) is 5.32 Å². The smallest absolute Gasteiger partial charge is 0.339 e. The Labute approximate surface area is 160 Å². The number of benzene rings is 2. The van der Waals surface area contributed by atoms with Crippen LogP contribution in [0.2, 0.25) is 5.02 Å². The minimum Gasteiger partial charge on any atom is -0.452 e. The molecule has 1 N–H and O–H groups in total. The SMILES string of the molecule is CC[S@](=O)c1ccccc1C(=O)OCC(=O)NCCc1cccc(Cl)c1. The Hall–Kier alpha value is -2.18. The van der Waals surface area contributed by atoms with E-state index >= 15 is 0 Å². The topological polar surface area (TPSA) is 72.5 Å². The van der Waals surface area contributed by atoms with Gasteiger partial charge in [-0.25, -0.2) is 4.79 Å². The molecule has 2 aromatic rings. The molecule has 0 bridgehead atoms. The molecule has 1 atom stereocenters. The van der Waals surface area contributed by atoms with Crippen molar-refractivity contribution < 1.29 is 18.5 Å². The first kappa shape index (κ1) is 20.1. The van der Waals surface area contributed by atoms with E-state index in [1.807, 2.05) is 18.2 Å². The van der Waals surface area contributed by atoms with Gasteiger partial charge in [-0.2, -0.15) is 0 Å². The third kappa shape index (κ3) is 5.97. The first-order chi connectivity index (χ1) is 12.5. The summed E-state index contributed by atoms with van der Waals surface area (Å²) in [4.78, 5) is 24.4. The van der Waals surface area contributed by atoms with E-state index in [1.54, 1.807) is 37.3 Å². The Morgan fingerprint density at radius 1 is 1.15 bits per heavy atom. The normalized spacial score (nSPS) is 11.6. The number of carbonyl (C=O) groups excluding carboxylic acids is 2. The van der Waals surface area contributed by atoms with E-state index in [-0.39, 0.29) is 12.2 Å². The van der Waals surface area contributed by atoms with Crippen molar-refractivity contribution in [3.8, 4) is 0 Å². The Morgan fingerprint density at radius 2 is 1.92 bits per heavy atom. The van der Waals surface area contributed by atoms with E-state index in [0.29, 0.717) is 28.6 Å². The van der Waals surface area contributed by atoms with Gasteiger partial charge in [-0.05, 0) is 36.2 Å². The second-order valence-corrected chi connectivity index (χ2v) is 7.58. The molecule has 0 aliphatic heterocycles. The van der Waals surface area contributed by atoms with Gasteiger partial charge in [0.2, 0.25) is 0 Å². The van der Waals surface area contributed by atoms with Crippen LogP contribution in [-0.4, -0.2) is 35.0 Å². The zero-order valence-electron chi connectivity index (χ0n) is 14.4. The average Bonchev–Trinajstić information content (AvgIpc) is 2.65. The highest BCUT2D eigenvalue weighted by Gasteiger charge is 2.17. The average molecular weight is 394 g/mol. The van der Waals surface area contributed by atoms with Crippen LogP contribution < -0.4 is 5.32 Å². The summed E-state index contributed by atoms with van der Waals surface area (Å²) in [6, 6.07) is 13.9. The Bertz CT molecular complexity index is 810. The van der Waals surface area contributed by atoms with Crippen molar-refractivity contribution in [3.63, 3.8) is 0 Å². The number of hydrogen-bond acceptors (Lipinski definition) is 4. The van der Waals surface area contributed by atoms with Gasteiger partial charge in [0.15, 0.2) is 6.61 Å². The van der Waals surface area contributed by atoms with Crippen molar-refractivity contribution >= 4 is 34.3 Å². The Morgan fingerprint density at radius 3 is 2.65 bits per heavy atom. The lowest BCUT2D eigenvalue weighted by atomic mass is 10.1. The van der Waals surface area contributed by atoms with Gasteiger partial charge in [0, 0.05) is 17.3 Å². The number of rotatable bonds is 8. The molecule has 7 heteroatoms. The maximum Gasteiger partial charge on any atom is 0.339 e. The van der Waals surface area contributed by atoms with Crippen LogP contribution in [0.15, 0.2) is 53.4 Å². The summed E-state index contributed by atoms with van der Waals surface area (Å²) in [5.41, 5.74) is 1.23. The molecule has 1 amide bonds. The highest BCUT2D eigenvalue weighted by atomic mass is 35.5. The largest absolute Gasteiger partial charge is 0.452 e. The maximum absolute atomic E-state index is 12.2. The monoisotopic (exact) mass is 393 g/mol. The molecule has 0 radical (unpaired) electrons. The first-order valence-electron chi connectivity index (χ1n) is 8.17. The molecule has 5 nitrogen and oxygen atoms in total. The van der Waals surface area contributed by atoms with Crippen molar-refractivity contribution in [2.45, 2.75) is 18.2 Å². The second kappa shape index (κ2) is 10.1. The first-order valence-corrected chi connectivity index (χ1v) is 9.86. The number of esters is 1. The second-order valence-electron chi connectivity index (χ2n) is 5.44. The molecular weight excluding hydrogens is 374 g/mol. The summed E-state index contributed by atoms with van der Waals surface area (Å²) < 4.78 is 17.0. The molecule has 0 saturated carbocycles. The third-order valence-corrected chi connectivity index (χ3v) is 5.18. The molecule has 0 aliphatic carbocycles. The highest BCUT2D eigenvalue weighted by molar-refractivity contribution is 7.85. The molecular formula is C19H20ClNO4S. The molecule has 0 heterocycles. The molecule has 0 unspecified atom stereocenters. The quantitative estimate of drug-likeness (QED) is 0.700. The molecule has 0 fully saturated rings. The fraction of sp³-hybridized carbons (Fsp3) is 0.263. The maximum atomic E-state index is 12.2. The van der Waals surface area contributed by atoms with Gasteiger partial charge < -0.3 is 10.1 Å². The lowest BCUT2D eigenvalue weighted by Crippen LogP contribution is -2.30. The van der Waals surface area contributed by atoms with E-state index in [4.69, 9.17) is 16.3 Å². The zero-order chi connectivity index (χ0) is 18.9. The van der Waals surface area contributed by atoms with Crippen molar-refractivity contribution in [1.29, 1.82) is 0 Å². The summed E-state index contributed by atoms with van der Waals surface area (Å²) in [5.74, 6) is -0.657. The Balaban J connectivity index is 1.82. The van der Waals surface area contributed by atoms with Crippen molar-refractivity contribution in [2.75, 3.05) is 18.9 Å². The van der Waals surface area contributed by atoms with Crippen LogP contribution in [0.25, 0.3) is 0 Å². The van der Waals surface area contributed by atoms with E-state index in [9.17, 15) is 13.8 Å². The standard InChI is InChI=1S/C19H20ClNO4S/c1-2-26(24)17-9-4-3-8-16(17)19(23)25-13-18(22)21-11-10-14-6-5-7-15(20)12-14/h3-9,12H,2,10-11,13H2,1H3,(H,21,22)/t26-/m0/s1. The number of carbonyl (C=O) groups is 2. The summed E-state index contributed by atoms with van der Waals surface area (Å²) in [7, 11) is -1.28. The predicted molar refractivity (Wildman–Crippen MR) is 102 cm³/mol. The van der Waals surface area contributed by atoms with E-state index in [1.165, 1.54) is 0 Å². The summed E-state index contributed by atoms with van der Waals surface area (Å²) >= 11 is 5.91. The van der Waals surface area contributed by atoms with Crippen LogP contribution in [0, 0.1) is 0 Å². The van der Waals surface area contributed by atoms with Gasteiger partial charge >= 0.3 is 5.97 Å². The Kier molecular flexibility index (Phi) is 7.81. The number of halogens is 1. The number of amides is 1. The molecule has 26 heavy (non-hydrogen) atoms. The van der Waals surface area contributed by atoms with Gasteiger partial charge in [-0.15, -0.1) is 0 Å². The molecule has 2 rings (SSSR count). The van der Waals surface area contributed by atoms with Crippen molar-refractivity contribution in [2.24, 2.45) is 0 Å². The number of ether oxygens (including phenoxy) is 1. The van der Waals surface area contributed by atoms with Crippen molar-refractivity contribution in [1.82, 2.24) is 5.32 Å². The van der Waals surface area contributed by atoms with Crippen LogP contribution in [0.5, 0.6) is 0 Å². The van der Waals surface area contributed by atoms with E-state index < -0.39 is 22.7 Å². The van der Waals surface area contributed by atoms with Gasteiger partial charge in [0.25, 0.3) is 5.91 Å². The molecule has 138 valence electrons. The minimum atomic E-state index is -1.28. The summed E-state index contributed by atoms with van der Waals surface area (Å²) in [6.45, 7) is 1.79. The lowest BCUT2D eigenvalue weighted by Gasteiger charge is -2.09. The molecule has 2 aromatic carbocycles. The molecule has 0 spiro atoms. The van der Waals surface area contributed by atoms with Crippen LogP contribution in [0.1, 0.15) is 22.8 Å². The predicted octanol–water partition coefficient (Wildman–Crippen LogP) is 2.98. The van der Waals surface area contributed by atoms with Crippen molar-refractivity contribution in [3.05, 3.63) is 64.7 Å². The van der Waals surface area contributed by atoms with Crippen LogP contribution >= 0.6 is 11.6 Å². The van der Waals surface area contributed by atoms with Crippen LogP contribution in [-0.2, 0) is 26.8 Å². The summed E-state index contributed by atoms with van der Waals surface area (Å²) in [5, 5.41) is 3.33. The number of nitrogens with one attached hydrogen (secondary N) is 1. The fourth-order valence-corrected chi connectivity index (χ4v) is 3.44. The van der Waals surface area contributed by atoms with Gasteiger partial charge in [-0.1, -0.05) is 42.8 Å². The van der Waals surface area contributed by atoms with Gasteiger partial charge in [0.1, 0.15) is 0 Å². The molecule has 0 aromatic heterocycles. The van der Waals surface area contributed by atoms with Crippen LogP contribution in [0.3, 0.4) is 0 Å². The molecule has 0 saturated heterocycles. The minimum absolute atomic E-state index is 0.222. The number of hydrogen-bond donors (Lipinski definition) is 1. The van der Waals surface area contributed by atoms with Gasteiger partial charge in [0.05, 0.1) is 21.3 Å². The highest BCUT2D eigenvalue weighted by Crippen LogP contribution is 2.15.